The molecule has 2 heterocycles. The summed E-state index contributed by atoms with van der Waals surface area (Å²) in [5, 5.41) is 9.05. The van der Waals surface area contributed by atoms with Crippen molar-refractivity contribution >= 4 is 44.0 Å². The van der Waals surface area contributed by atoms with E-state index in [2.05, 4.69) is 113 Å². The number of fused-ring (bicyclic) bond motifs is 8. The first kappa shape index (κ1) is 16.1. The van der Waals surface area contributed by atoms with Gasteiger partial charge in [-0.05, 0) is 46.7 Å². The van der Waals surface area contributed by atoms with E-state index >= 15 is 0 Å². The van der Waals surface area contributed by atoms with Crippen molar-refractivity contribution in [3.8, 4) is 0 Å². The van der Waals surface area contributed by atoms with Crippen molar-refractivity contribution in [1.82, 2.24) is 4.57 Å². The van der Waals surface area contributed by atoms with E-state index in [9.17, 15) is 0 Å². The van der Waals surface area contributed by atoms with Gasteiger partial charge in [-0.1, -0.05) is 72.8 Å². The van der Waals surface area contributed by atoms with Gasteiger partial charge in [0, 0.05) is 28.1 Å². The zero-order chi connectivity index (χ0) is 19.7. The van der Waals surface area contributed by atoms with Crippen molar-refractivity contribution in [2.45, 2.75) is 12.0 Å². The standard InChI is InChI=1S/C28H20N2/c1-2-8-20-18(7-1)13-16-24-28(20)23-15-14-19(17-25(23)29-24)30-26-11-5-3-9-21(26)22-10-4-6-12-27(22)30/h1-17,23,25,29H. The van der Waals surface area contributed by atoms with E-state index in [1.807, 2.05) is 0 Å². The minimum absolute atomic E-state index is 0.269. The Morgan fingerprint density at radius 3 is 2.10 bits per heavy atom. The van der Waals surface area contributed by atoms with Crippen LogP contribution in [0.15, 0.2) is 103 Å². The van der Waals surface area contributed by atoms with Gasteiger partial charge in [0.1, 0.15) is 0 Å². The van der Waals surface area contributed by atoms with E-state index in [4.69, 9.17) is 0 Å². The number of benzene rings is 4. The molecule has 2 atom stereocenters. The second-order valence-corrected chi connectivity index (χ2v) is 8.26. The highest BCUT2D eigenvalue weighted by atomic mass is 15.0. The number of nitrogens with zero attached hydrogens (tertiary/aromatic N) is 1. The molecule has 1 aliphatic carbocycles. The Kier molecular flexibility index (Phi) is 3.14. The van der Waals surface area contributed by atoms with Crippen LogP contribution in [-0.4, -0.2) is 10.6 Å². The number of rotatable bonds is 1. The zero-order valence-electron chi connectivity index (χ0n) is 16.4. The van der Waals surface area contributed by atoms with Crippen molar-refractivity contribution in [2.75, 3.05) is 5.32 Å². The third-order valence-corrected chi connectivity index (χ3v) is 6.68. The van der Waals surface area contributed by atoms with Crippen LogP contribution in [0.3, 0.4) is 0 Å². The highest BCUT2D eigenvalue weighted by Gasteiger charge is 2.33. The second kappa shape index (κ2) is 5.87. The first-order valence-corrected chi connectivity index (χ1v) is 10.6. The van der Waals surface area contributed by atoms with E-state index in [0.717, 1.165) is 0 Å². The largest absolute Gasteiger partial charge is 0.378 e. The molecule has 0 amide bonds. The highest BCUT2D eigenvalue weighted by Crippen LogP contribution is 2.45. The Hall–Kier alpha value is -3.78. The fourth-order valence-electron chi connectivity index (χ4n) is 5.38. The molecule has 1 aliphatic heterocycles. The van der Waals surface area contributed by atoms with E-state index in [1.165, 1.54) is 49.5 Å². The maximum Gasteiger partial charge on any atom is 0.0572 e. The lowest BCUT2D eigenvalue weighted by Gasteiger charge is -2.22. The number of hydrogen-bond acceptors (Lipinski definition) is 1. The molecule has 2 nitrogen and oxygen atoms in total. The summed E-state index contributed by atoms with van der Waals surface area (Å²) < 4.78 is 2.40. The monoisotopic (exact) mass is 384 g/mol. The molecule has 7 rings (SSSR count). The molecule has 30 heavy (non-hydrogen) atoms. The molecule has 5 aromatic rings. The zero-order valence-corrected chi connectivity index (χ0v) is 16.4. The van der Waals surface area contributed by atoms with Crippen molar-refractivity contribution in [3.05, 3.63) is 109 Å². The van der Waals surface area contributed by atoms with Crippen molar-refractivity contribution in [1.29, 1.82) is 0 Å². The molecule has 2 aliphatic rings. The van der Waals surface area contributed by atoms with E-state index < -0.39 is 0 Å². The van der Waals surface area contributed by atoms with Gasteiger partial charge in [-0.15, -0.1) is 0 Å². The summed E-state index contributed by atoms with van der Waals surface area (Å²) in [6.07, 6.45) is 7.09. The third kappa shape index (κ3) is 2.08. The molecule has 0 saturated heterocycles. The molecule has 0 fully saturated rings. The molecule has 2 heteroatoms. The molecule has 1 N–H and O–H groups in total. The van der Waals surface area contributed by atoms with Crippen molar-refractivity contribution in [3.63, 3.8) is 0 Å². The Labute approximate surface area is 174 Å². The Balaban J connectivity index is 1.41. The van der Waals surface area contributed by atoms with Crippen molar-refractivity contribution in [2.24, 2.45) is 0 Å². The van der Waals surface area contributed by atoms with Crippen LogP contribution >= 0.6 is 0 Å². The SMILES string of the molecule is C1=CC2c3c(ccc4ccccc34)NC2C=C1n1c2ccccc2c2ccccc21. The Bertz CT molecular complexity index is 1480. The smallest absolute Gasteiger partial charge is 0.0572 e. The quantitative estimate of drug-likeness (QED) is 0.331. The van der Waals surface area contributed by atoms with Crippen LogP contribution in [-0.2, 0) is 0 Å². The first-order valence-electron chi connectivity index (χ1n) is 10.6. The molecule has 1 aromatic heterocycles. The number of allylic oxidation sites excluding steroid dienone is 2. The van der Waals surface area contributed by atoms with Gasteiger partial charge in [0.2, 0.25) is 0 Å². The van der Waals surface area contributed by atoms with Gasteiger partial charge in [0.15, 0.2) is 0 Å². The molecular weight excluding hydrogens is 364 g/mol. The van der Waals surface area contributed by atoms with Gasteiger partial charge in [-0.3, -0.25) is 0 Å². The number of nitrogens with one attached hydrogen (secondary N) is 1. The molecule has 0 spiro atoms. The minimum Gasteiger partial charge on any atom is -0.378 e. The highest BCUT2D eigenvalue weighted by molar-refractivity contribution is 6.10. The average molecular weight is 384 g/mol. The van der Waals surface area contributed by atoms with Crippen LogP contribution in [0.5, 0.6) is 0 Å². The Morgan fingerprint density at radius 1 is 0.667 bits per heavy atom. The van der Waals surface area contributed by atoms with Gasteiger partial charge < -0.3 is 9.88 Å². The van der Waals surface area contributed by atoms with E-state index in [1.54, 1.807) is 0 Å². The topological polar surface area (TPSA) is 17.0 Å². The predicted molar refractivity (Wildman–Crippen MR) is 127 cm³/mol. The summed E-state index contributed by atoms with van der Waals surface area (Å²) in [6.45, 7) is 0. The fraction of sp³-hybridized carbons (Fsp3) is 0.0714. The number of anilines is 1. The summed E-state index contributed by atoms with van der Waals surface area (Å²) in [5.74, 6) is 0.364. The first-order chi connectivity index (χ1) is 14.9. The van der Waals surface area contributed by atoms with Crippen LogP contribution in [0, 0.1) is 0 Å². The molecule has 0 saturated carbocycles. The molecular formula is C28H20N2. The summed E-state index contributed by atoms with van der Waals surface area (Å²) in [4.78, 5) is 0. The van der Waals surface area contributed by atoms with Gasteiger partial charge in [0.05, 0.1) is 17.1 Å². The van der Waals surface area contributed by atoms with Gasteiger partial charge in [-0.2, -0.15) is 0 Å². The fourth-order valence-corrected chi connectivity index (χ4v) is 5.38. The van der Waals surface area contributed by atoms with Crippen LogP contribution in [0.25, 0.3) is 38.3 Å². The minimum atomic E-state index is 0.269. The van der Waals surface area contributed by atoms with Gasteiger partial charge in [-0.25, -0.2) is 0 Å². The summed E-state index contributed by atoms with van der Waals surface area (Å²) in [5.41, 5.74) is 6.43. The molecule has 4 aromatic carbocycles. The molecule has 142 valence electrons. The van der Waals surface area contributed by atoms with Crippen LogP contribution in [0.4, 0.5) is 5.69 Å². The number of para-hydroxylation sites is 2. The lowest BCUT2D eigenvalue weighted by molar-refractivity contribution is 0.806. The van der Waals surface area contributed by atoms with Crippen LogP contribution < -0.4 is 5.32 Å². The van der Waals surface area contributed by atoms with Gasteiger partial charge >= 0.3 is 0 Å². The number of hydrogen-bond donors (Lipinski definition) is 1. The van der Waals surface area contributed by atoms with Crippen LogP contribution in [0.2, 0.25) is 0 Å². The normalized spacial score (nSPS) is 19.7. The number of aromatic nitrogens is 1. The lowest BCUT2D eigenvalue weighted by Crippen LogP contribution is -2.20. The van der Waals surface area contributed by atoms with Crippen LogP contribution in [0.1, 0.15) is 11.5 Å². The third-order valence-electron chi connectivity index (χ3n) is 6.68. The van der Waals surface area contributed by atoms with E-state index in [-0.39, 0.29) is 6.04 Å². The summed E-state index contributed by atoms with van der Waals surface area (Å²) in [6, 6.07) is 30.8. The second-order valence-electron chi connectivity index (χ2n) is 8.26. The lowest BCUT2D eigenvalue weighted by atomic mass is 9.87. The van der Waals surface area contributed by atoms with Crippen molar-refractivity contribution < 1.29 is 0 Å². The Morgan fingerprint density at radius 2 is 1.33 bits per heavy atom. The molecule has 0 radical (unpaired) electrons. The average Bonchev–Trinajstić information content (AvgIpc) is 3.34. The summed E-state index contributed by atoms with van der Waals surface area (Å²) in [7, 11) is 0. The van der Waals surface area contributed by atoms with Gasteiger partial charge in [0.25, 0.3) is 0 Å². The molecule has 0 bridgehead atoms. The van der Waals surface area contributed by atoms with E-state index in [0.29, 0.717) is 5.92 Å². The maximum atomic E-state index is 3.78. The predicted octanol–water partition coefficient (Wildman–Crippen LogP) is 6.94. The summed E-state index contributed by atoms with van der Waals surface area (Å²) >= 11 is 0. The molecule has 2 unspecified atom stereocenters. The maximum absolute atomic E-state index is 3.78.